The van der Waals surface area contributed by atoms with Crippen LogP contribution in [0.4, 0.5) is 11.5 Å². The Bertz CT molecular complexity index is 252. The van der Waals surface area contributed by atoms with Gasteiger partial charge in [0, 0.05) is 6.54 Å². The van der Waals surface area contributed by atoms with E-state index < -0.39 is 0 Å². The van der Waals surface area contributed by atoms with Gasteiger partial charge in [0.25, 0.3) is 0 Å². The van der Waals surface area contributed by atoms with Crippen LogP contribution in [0.3, 0.4) is 0 Å². The van der Waals surface area contributed by atoms with E-state index in [0.717, 1.165) is 18.3 Å². The lowest BCUT2D eigenvalue weighted by molar-refractivity contribution is 0.518. The summed E-state index contributed by atoms with van der Waals surface area (Å²) in [5, 5.41) is 3.31. The molecule has 78 valence electrons. The molecule has 1 aromatic heterocycles. The monoisotopic (exact) mass is 193 g/mol. The molecule has 1 heterocycles. The summed E-state index contributed by atoms with van der Waals surface area (Å²) in [5.41, 5.74) is 6.25. The van der Waals surface area contributed by atoms with E-state index in [-0.39, 0.29) is 0 Å². The number of hydrogen-bond acceptors (Lipinski definition) is 3. The van der Waals surface area contributed by atoms with Crippen molar-refractivity contribution in [1.29, 1.82) is 0 Å². The molecule has 0 saturated heterocycles. The van der Waals surface area contributed by atoms with E-state index in [1.165, 1.54) is 12.8 Å². The van der Waals surface area contributed by atoms with Crippen LogP contribution in [0.5, 0.6) is 0 Å². The molecule has 0 radical (unpaired) electrons. The molecular weight excluding hydrogens is 174 g/mol. The quantitative estimate of drug-likeness (QED) is 0.755. The van der Waals surface area contributed by atoms with Crippen LogP contribution in [-0.4, -0.2) is 11.5 Å². The molecule has 0 fully saturated rings. The summed E-state index contributed by atoms with van der Waals surface area (Å²) in [6.07, 6.45) is 4.09. The first-order chi connectivity index (χ1) is 6.76. The first-order valence-corrected chi connectivity index (χ1v) is 5.21. The van der Waals surface area contributed by atoms with Crippen molar-refractivity contribution in [1.82, 2.24) is 4.98 Å². The average Bonchev–Trinajstić information content (AvgIpc) is 2.22. The van der Waals surface area contributed by atoms with E-state index in [9.17, 15) is 0 Å². The lowest BCUT2D eigenvalue weighted by Gasteiger charge is -2.13. The fraction of sp³-hybridized carbons (Fsp3) is 0.545. The van der Waals surface area contributed by atoms with Crippen LogP contribution < -0.4 is 11.1 Å². The summed E-state index contributed by atoms with van der Waals surface area (Å²) >= 11 is 0. The zero-order chi connectivity index (χ0) is 10.4. The van der Waals surface area contributed by atoms with Crippen LogP contribution >= 0.6 is 0 Å². The third-order valence-corrected chi connectivity index (χ3v) is 2.51. The normalized spacial score (nSPS) is 10.5. The highest BCUT2D eigenvalue weighted by atomic mass is 15.0. The van der Waals surface area contributed by atoms with E-state index >= 15 is 0 Å². The lowest BCUT2D eigenvalue weighted by atomic mass is 10.0. The highest BCUT2D eigenvalue weighted by Gasteiger charge is 2.02. The Morgan fingerprint density at radius 1 is 1.36 bits per heavy atom. The standard InChI is InChI=1S/C11H19N3/c1-3-9(4-2)7-13-11-6-5-10(12)8-14-11/h5-6,8-9H,3-4,7,12H2,1-2H3,(H,13,14). The first-order valence-electron chi connectivity index (χ1n) is 5.21. The van der Waals surface area contributed by atoms with Gasteiger partial charge in [-0.25, -0.2) is 4.98 Å². The van der Waals surface area contributed by atoms with Crippen molar-refractivity contribution in [2.75, 3.05) is 17.6 Å². The fourth-order valence-corrected chi connectivity index (χ4v) is 1.34. The summed E-state index contributed by atoms with van der Waals surface area (Å²) in [7, 11) is 0. The van der Waals surface area contributed by atoms with Crippen LogP contribution in [0, 0.1) is 5.92 Å². The van der Waals surface area contributed by atoms with Gasteiger partial charge in [0.2, 0.25) is 0 Å². The van der Waals surface area contributed by atoms with Crippen molar-refractivity contribution < 1.29 is 0 Å². The van der Waals surface area contributed by atoms with Gasteiger partial charge in [-0.05, 0) is 18.1 Å². The second kappa shape index (κ2) is 5.47. The first kappa shape index (κ1) is 10.8. The largest absolute Gasteiger partial charge is 0.397 e. The van der Waals surface area contributed by atoms with Crippen molar-refractivity contribution in [3.05, 3.63) is 18.3 Å². The molecule has 3 N–H and O–H groups in total. The van der Waals surface area contributed by atoms with Crippen molar-refractivity contribution in [2.24, 2.45) is 5.92 Å². The number of rotatable bonds is 5. The molecular formula is C11H19N3. The maximum atomic E-state index is 5.54. The Hall–Kier alpha value is -1.25. The van der Waals surface area contributed by atoms with E-state index in [1.54, 1.807) is 6.20 Å². The van der Waals surface area contributed by atoms with E-state index in [2.05, 4.69) is 24.1 Å². The number of anilines is 2. The molecule has 1 rings (SSSR count). The number of nitrogens with one attached hydrogen (secondary N) is 1. The second-order valence-corrected chi connectivity index (χ2v) is 3.54. The minimum atomic E-state index is 0.707. The molecule has 0 bridgehead atoms. The van der Waals surface area contributed by atoms with Gasteiger partial charge in [0.15, 0.2) is 0 Å². The van der Waals surface area contributed by atoms with Gasteiger partial charge in [-0.2, -0.15) is 0 Å². The maximum Gasteiger partial charge on any atom is 0.126 e. The molecule has 0 spiro atoms. The van der Waals surface area contributed by atoms with Crippen LogP contribution in [0.1, 0.15) is 26.7 Å². The van der Waals surface area contributed by atoms with Crippen molar-refractivity contribution in [2.45, 2.75) is 26.7 Å². The van der Waals surface area contributed by atoms with Crippen LogP contribution in [0.15, 0.2) is 18.3 Å². The number of aromatic nitrogens is 1. The summed E-state index contributed by atoms with van der Waals surface area (Å²) in [6, 6.07) is 3.78. The molecule has 3 nitrogen and oxygen atoms in total. The zero-order valence-electron chi connectivity index (χ0n) is 8.96. The van der Waals surface area contributed by atoms with Crippen LogP contribution in [0.25, 0.3) is 0 Å². The van der Waals surface area contributed by atoms with Gasteiger partial charge < -0.3 is 11.1 Å². The van der Waals surface area contributed by atoms with Gasteiger partial charge in [-0.1, -0.05) is 26.7 Å². The van der Waals surface area contributed by atoms with E-state index in [0.29, 0.717) is 5.69 Å². The maximum absolute atomic E-state index is 5.54. The molecule has 0 aliphatic heterocycles. The number of nitrogen functional groups attached to an aromatic ring is 1. The molecule has 0 unspecified atom stereocenters. The lowest BCUT2D eigenvalue weighted by Crippen LogP contribution is -2.13. The third-order valence-electron chi connectivity index (χ3n) is 2.51. The van der Waals surface area contributed by atoms with Crippen molar-refractivity contribution in [3.8, 4) is 0 Å². The number of nitrogens with zero attached hydrogens (tertiary/aromatic N) is 1. The van der Waals surface area contributed by atoms with Gasteiger partial charge in [0.05, 0.1) is 11.9 Å². The molecule has 3 heteroatoms. The topological polar surface area (TPSA) is 50.9 Å². The summed E-state index contributed by atoms with van der Waals surface area (Å²) < 4.78 is 0. The second-order valence-electron chi connectivity index (χ2n) is 3.54. The molecule has 14 heavy (non-hydrogen) atoms. The Morgan fingerprint density at radius 2 is 2.07 bits per heavy atom. The molecule has 0 atom stereocenters. The van der Waals surface area contributed by atoms with E-state index in [4.69, 9.17) is 5.73 Å². The van der Waals surface area contributed by atoms with Crippen LogP contribution in [-0.2, 0) is 0 Å². The third kappa shape index (κ3) is 3.24. The molecule has 0 aliphatic rings. The predicted octanol–water partition coefficient (Wildman–Crippen LogP) is 2.51. The van der Waals surface area contributed by atoms with Crippen molar-refractivity contribution in [3.63, 3.8) is 0 Å². The SMILES string of the molecule is CCC(CC)CNc1ccc(N)cn1. The smallest absolute Gasteiger partial charge is 0.126 e. The summed E-state index contributed by atoms with van der Waals surface area (Å²) in [5.74, 6) is 1.64. The van der Waals surface area contributed by atoms with Gasteiger partial charge in [0.1, 0.15) is 5.82 Å². The highest BCUT2D eigenvalue weighted by molar-refractivity contribution is 5.43. The molecule has 0 amide bonds. The Balaban J connectivity index is 2.41. The van der Waals surface area contributed by atoms with Gasteiger partial charge in [-0.3, -0.25) is 0 Å². The Labute approximate surface area is 85.7 Å². The van der Waals surface area contributed by atoms with Gasteiger partial charge in [-0.15, -0.1) is 0 Å². The van der Waals surface area contributed by atoms with E-state index in [1.807, 2.05) is 12.1 Å². The Morgan fingerprint density at radius 3 is 2.57 bits per heavy atom. The fourth-order valence-electron chi connectivity index (χ4n) is 1.34. The Kier molecular flexibility index (Phi) is 4.23. The predicted molar refractivity (Wildman–Crippen MR) is 61.2 cm³/mol. The number of hydrogen-bond donors (Lipinski definition) is 2. The van der Waals surface area contributed by atoms with Crippen molar-refractivity contribution >= 4 is 11.5 Å². The molecule has 1 aromatic rings. The number of nitrogens with two attached hydrogens (primary N) is 1. The molecule has 0 aromatic carbocycles. The van der Waals surface area contributed by atoms with Gasteiger partial charge >= 0.3 is 0 Å². The van der Waals surface area contributed by atoms with Crippen LogP contribution in [0.2, 0.25) is 0 Å². The molecule has 0 saturated carbocycles. The average molecular weight is 193 g/mol. The number of pyridine rings is 1. The minimum Gasteiger partial charge on any atom is -0.397 e. The highest BCUT2D eigenvalue weighted by Crippen LogP contribution is 2.10. The summed E-state index contributed by atoms with van der Waals surface area (Å²) in [4.78, 5) is 4.18. The summed E-state index contributed by atoms with van der Waals surface area (Å²) in [6.45, 7) is 5.42. The zero-order valence-corrected chi connectivity index (χ0v) is 8.96. The minimum absolute atomic E-state index is 0.707. The molecule has 0 aliphatic carbocycles.